The van der Waals surface area contributed by atoms with Crippen LogP contribution >= 0.6 is 0 Å². The SMILES string of the molecule is Cn1ccnc1COCC(=O)NC1CC(N)C12CCC2. The van der Waals surface area contributed by atoms with Gasteiger partial charge in [-0.15, -0.1) is 0 Å². The van der Waals surface area contributed by atoms with Crippen LogP contribution in [0.3, 0.4) is 0 Å². The number of amides is 1. The summed E-state index contributed by atoms with van der Waals surface area (Å²) in [5, 5.41) is 3.06. The Balaban J connectivity index is 1.41. The molecule has 1 spiro atoms. The van der Waals surface area contributed by atoms with Crippen molar-refractivity contribution in [2.45, 2.75) is 44.4 Å². The summed E-state index contributed by atoms with van der Waals surface area (Å²) in [6, 6.07) is 0.505. The van der Waals surface area contributed by atoms with Crippen molar-refractivity contribution in [3.05, 3.63) is 18.2 Å². The number of nitrogens with one attached hydrogen (secondary N) is 1. The summed E-state index contributed by atoms with van der Waals surface area (Å²) in [5.41, 5.74) is 6.26. The molecule has 0 saturated heterocycles. The lowest BCUT2D eigenvalue weighted by Gasteiger charge is -2.60. The standard InChI is InChI=1S/C14H22N4O2/c1-18-6-5-16-12(18)8-20-9-13(19)17-11-7-10(15)14(11)3-2-4-14/h5-6,10-11H,2-4,7-9,15H2,1H3,(H,17,19). The number of nitrogens with two attached hydrogens (primary N) is 1. The first-order valence-electron chi connectivity index (χ1n) is 7.21. The number of ether oxygens (including phenoxy) is 1. The Kier molecular flexibility index (Phi) is 3.52. The smallest absolute Gasteiger partial charge is 0.246 e. The third kappa shape index (κ3) is 2.23. The Morgan fingerprint density at radius 3 is 3.00 bits per heavy atom. The molecule has 110 valence electrons. The molecule has 2 saturated carbocycles. The van der Waals surface area contributed by atoms with E-state index in [4.69, 9.17) is 10.5 Å². The zero-order valence-electron chi connectivity index (χ0n) is 11.8. The number of carbonyl (C=O) groups is 1. The van der Waals surface area contributed by atoms with Gasteiger partial charge in [0.25, 0.3) is 0 Å². The van der Waals surface area contributed by atoms with Crippen LogP contribution in [0.5, 0.6) is 0 Å². The number of hydrogen-bond acceptors (Lipinski definition) is 4. The molecule has 1 heterocycles. The van der Waals surface area contributed by atoms with Gasteiger partial charge in [0, 0.05) is 36.9 Å². The van der Waals surface area contributed by atoms with E-state index < -0.39 is 0 Å². The highest BCUT2D eigenvalue weighted by molar-refractivity contribution is 5.77. The third-order valence-corrected chi connectivity index (χ3v) is 4.93. The van der Waals surface area contributed by atoms with E-state index in [1.54, 1.807) is 6.20 Å². The maximum absolute atomic E-state index is 11.9. The fraction of sp³-hybridized carbons (Fsp3) is 0.714. The number of nitrogens with zero attached hydrogens (tertiary/aromatic N) is 2. The maximum Gasteiger partial charge on any atom is 0.246 e. The van der Waals surface area contributed by atoms with Crippen molar-refractivity contribution in [2.75, 3.05) is 6.61 Å². The lowest BCUT2D eigenvalue weighted by Crippen LogP contribution is -2.70. The van der Waals surface area contributed by atoms with Crippen LogP contribution in [-0.4, -0.2) is 34.1 Å². The van der Waals surface area contributed by atoms with Crippen LogP contribution in [0.2, 0.25) is 0 Å². The fourth-order valence-electron chi connectivity index (χ4n) is 3.33. The van der Waals surface area contributed by atoms with E-state index in [9.17, 15) is 4.79 Å². The first kappa shape index (κ1) is 13.6. The molecular weight excluding hydrogens is 256 g/mol. The van der Waals surface area contributed by atoms with Crippen LogP contribution in [-0.2, 0) is 23.2 Å². The molecule has 0 radical (unpaired) electrons. The summed E-state index contributed by atoms with van der Waals surface area (Å²) in [6.07, 6.45) is 7.99. The molecule has 1 aromatic rings. The Morgan fingerprint density at radius 2 is 2.45 bits per heavy atom. The van der Waals surface area contributed by atoms with E-state index in [-0.39, 0.29) is 30.0 Å². The largest absolute Gasteiger partial charge is 0.364 e. The van der Waals surface area contributed by atoms with Crippen molar-refractivity contribution in [1.29, 1.82) is 0 Å². The second-order valence-electron chi connectivity index (χ2n) is 6.00. The molecule has 3 rings (SSSR count). The van der Waals surface area contributed by atoms with E-state index in [1.165, 1.54) is 6.42 Å². The van der Waals surface area contributed by atoms with E-state index >= 15 is 0 Å². The monoisotopic (exact) mass is 278 g/mol. The quantitative estimate of drug-likeness (QED) is 0.813. The van der Waals surface area contributed by atoms with Gasteiger partial charge < -0.3 is 20.4 Å². The summed E-state index contributed by atoms with van der Waals surface area (Å²) < 4.78 is 7.29. The van der Waals surface area contributed by atoms with E-state index in [2.05, 4.69) is 10.3 Å². The zero-order chi connectivity index (χ0) is 14.2. The number of aromatic nitrogens is 2. The normalized spacial score (nSPS) is 26.9. The molecule has 2 atom stereocenters. The number of hydrogen-bond donors (Lipinski definition) is 2. The van der Waals surface area contributed by atoms with E-state index in [0.29, 0.717) is 6.61 Å². The van der Waals surface area contributed by atoms with Crippen molar-refractivity contribution in [2.24, 2.45) is 18.2 Å². The second-order valence-corrected chi connectivity index (χ2v) is 6.00. The molecule has 0 aliphatic heterocycles. The van der Waals surface area contributed by atoms with Crippen LogP contribution in [0.15, 0.2) is 12.4 Å². The highest BCUT2D eigenvalue weighted by Crippen LogP contribution is 2.54. The summed E-state index contributed by atoms with van der Waals surface area (Å²) in [6.45, 7) is 0.431. The average molecular weight is 278 g/mol. The van der Waals surface area contributed by atoms with E-state index in [1.807, 2.05) is 17.8 Å². The van der Waals surface area contributed by atoms with Gasteiger partial charge in [-0.3, -0.25) is 4.79 Å². The molecule has 2 aliphatic rings. The number of imidazole rings is 1. The number of rotatable bonds is 5. The van der Waals surface area contributed by atoms with Gasteiger partial charge in [0.1, 0.15) is 19.0 Å². The maximum atomic E-state index is 11.9. The van der Waals surface area contributed by atoms with Crippen molar-refractivity contribution in [3.63, 3.8) is 0 Å². The molecule has 0 aromatic carbocycles. The molecule has 6 nitrogen and oxygen atoms in total. The molecule has 2 unspecified atom stereocenters. The molecule has 2 fully saturated rings. The Morgan fingerprint density at radius 1 is 1.65 bits per heavy atom. The van der Waals surface area contributed by atoms with Crippen molar-refractivity contribution < 1.29 is 9.53 Å². The average Bonchev–Trinajstić information content (AvgIpc) is 2.72. The van der Waals surface area contributed by atoms with Crippen LogP contribution in [0.4, 0.5) is 0 Å². The summed E-state index contributed by atoms with van der Waals surface area (Å²) in [4.78, 5) is 16.0. The minimum Gasteiger partial charge on any atom is -0.364 e. The predicted octanol–water partition coefficient (Wildman–Crippen LogP) is 0.323. The third-order valence-electron chi connectivity index (χ3n) is 4.93. The molecular formula is C14H22N4O2. The summed E-state index contributed by atoms with van der Waals surface area (Å²) in [5.74, 6) is 0.765. The molecule has 6 heteroatoms. The minimum atomic E-state index is -0.0533. The van der Waals surface area contributed by atoms with Gasteiger partial charge in [0.15, 0.2) is 0 Å². The lowest BCUT2D eigenvalue weighted by molar-refractivity contribution is -0.132. The van der Waals surface area contributed by atoms with Crippen molar-refractivity contribution in [3.8, 4) is 0 Å². The van der Waals surface area contributed by atoms with Crippen molar-refractivity contribution in [1.82, 2.24) is 14.9 Å². The van der Waals surface area contributed by atoms with Crippen LogP contribution in [0, 0.1) is 5.41 Å². The topological polar surface area (TPSA) is 82.2 Å². The predicted molar refractivity (Wildman–Crippen MR) is 73.7 cm³/mol. The Labute approximate surface area is 118 Å². The van der Waals surface area contributed by atoms with E-state index in [0.717, 1.165) is 25.1 Å². The van der Waals surface area contributed by atoms with Crippen LogP contribution in [0.1, 0.15) is 31.5 Å². The van der Waals surface area contributed by atoms with Gasteiger partial charge in [0.05, 0.1) is 0 Å². The molecule has 20 heavy (non-hydrogen) atoms. The van der Waals surface area contributed by atoms with Crippen LogP contribution in [0.25, 0.3) is 0 Å². The second kappa shape index (κ2) is 5.18. The van der Waals surface area contributed by atoms with Crippen molar-refractivity contribution >= 4 is 5.91 Å². The fourth-order valence-corrected chi connectivity index (χ4v) is 3.33. The van der Waals surface area contributed by atoms with Crippen LogP contribution < -0.4 is 11.1 Å². The zero-order valence-corrected chi connectivity index (χ0v) is 11.8. The summed E-state index contributed by atoms with van der Waals surface area (Å²) >= 11 is 0. The lowest BCUT2D eigenvalue weighted by atomic mass is 9.50. The van der Waals surface area contributed by atoms with Gasteiger partial charge in [-0.25, -0.2) is 4.98 Å². The molecule has 0 bridgehead atoms. The van der Waals surface area contributed by atoms with Gasteiger partial charge >= 0.3 is 0 Å². The molecule has 1 aromatic heterocycles. The van der Waals surface area contributed by atoms with Gasteiger partial charge in [0.2, 0.25) is 5.91 Å². The number of aryl methyl sites for hydroxylation is 1. The molecule has 1 amide bonds. The van der Waals surface area contributed by atoms with Gasteiger partial charge in [-0.1, -0.05) is 6.42 Å². The number of carbonyl (C=O) groups excluding carboxylic acids is 1. The molecule has 3 N–H and O–H groups in total. The first-order chi connectivity index (χ1) is 9.62. The first-order valence-corrected chi connectivity index (χ1v) is 7.21. The molecule has 2 aliphatic carbocycles. The summed E-state index contributed by atoms with van der Waals surface area (Å²) in [7, 11) is 1.90. The van der Waals surface area contributed by atoms with Gasteiger partial charge in [-0.2, -0.15) is 0 Å². The highest BCUT2D eigenvalue weighted by atomic mass is 16.5. The van der Waals surface area contributed by atoms with Gasteiger partial charge in [-0.05, 0) is 19.3 Å². The Hall–Kier alpha value is -1.40. The minimum absolute atomic E-state index is 0.0533. The highest BCUT2D eigenvalue weighted by Gasteiger charge is 2.56. The Bertz CT molecular complexity index is 495.